The number of ketones is 1. The molecule has 52 valence electrons. The lowest BCUT2D eigenvalue weighted by atomic mass is 10.3. The number of carbonyl (C=O) groups is 1. The molecule has 0 radical (unpaired) electrons. The van der Waals surface area contributed by atoms with Gasteiger partial charge in [0.15, 0.2) is 0 Å². The van der Waals surface area contributed by atoms with E-state index in [1.807, 2.05) is 13.8 Å². The molecule has 0 rings (SSSR count). The summed E-state index contributed by atoms with van der Waals surface area (Å²) in [6.45, 7) is 6.10. The van der Waals surface area contributed by atoms with Crippen molar-refractivity contribution in [3.8, 4) is 0 Å². The van der Waals surface area contributed by atoms with Crippen molar-refractivity contribution in [1.29, 1.82) is 0 Å². The van der Waals surface area contributed by atoms with E-state index in [1.165, 1.54) is 0 Å². The van der Waals surface area contributed by atoms with Crippen LogP contribution in [0.25, 0.3) is 0 Å². The lowest BCUT2D eigenvalue weighted by Crippen LogP contribution is -1.94. The molecule has 0 aliphatic rings. The molecule has 0 saturated heterocycles. The average Bonchev–Trinajstić information content (AvgIpc) is 1.63. The first-order chi connectivity index (χ1) is 4.13. The summed E-state index contributed by atoms with van der Waals surface area (Å²) < 4.78 is 0. The largest absolute Gasteiger partial charge is 0.300 e. The van der Waals surface area contributed by atoms with E-state index in [1.54, 1.807) is 6.92 Å². The van der Waals surface area contributed by atoms with E-state index in [0.29, 0.717) is 13.0 Å². The Morgan fingerprint density at radius 3 is 2.22 bits per heavy atom. The van der Waals surface area contributed by atoms with Crippen molar-refractivity contribution in [2.24, 2.45) is 4.99 Å². The van der Waals surface area contributed by atoms with E-state index >= 15 is 0 Å². The van der Waals surface area contributed by atoms with E-state index in [9.17, 15) is 4.79 Å². The highest BCUT2D eigenvalue weighted by Crippen LogP contribution is 1.83. The summed E-state index contributed by atoms with van der Waals surface area (Å²) >= 11 is 0. The van der Waals surface area contributed by atoms with Gasteiger partial charge in [0.1, 0.15) is 5.78 Å². The van der Waals surface area contributed by atoms with Gasteiger partial charge in [0.25, 0.3) is 0 Å². The lowest BCUT2D eigenvalue weighted by molar-refractivity contribution is -0.116. The lowest BCUT2D eigenvalue weighted by Gasteiger charge is -1.89. The van der Waals surface area contributed by atoms with Crippen molar-refractivity contribution in [1.82, 2.24) is 0 Å². The highest BCUT2D eigenvalue weighted by molar-refractivity contribution is 5.80. The van der Waals surface area contributed by atoms with Crippen LogP contribution in [0.15, 0.2) is 4.99 Å². The second-order valence-corrected chi connectivity index (χ2v) is 2.28. The first-order valence-corrected chi connectivity index (χ1v) is 3.10. The molecule has 2 nitrogen and oxygen atoms in total. The van der Waals surface area contributed by atoms with Gasteiger partial charge in [-0.2, -0.15) is 0 Å². The molecule has 0 unspecified atom stereocenters. The Hall–Kier alpha value is -0.660. The van der Waals surface area contributed by atoms with Crippen LogP contribution in [-0.2, 0) is 4.79 Å². The fourth-order valence-corrected chi connectivity index (χ4v) is 0.437. The van der Waals surface area contributed by atoms with Gasteiger partial charge in [-0.25, -0.2) is 0 Å². The first kappa shape index (κ1) is 8.34. The smallest absolute Gasteiger partial charge is 0.131 e. The summed E-state index contributed by atoms with van der Waals surface area (Å²) in [5, 5.41) is 0. The molecule has 2 heteroatoms. The Morgan fingerprint density at radius 1 is 1.33 bits per heavy atom. The molecule has 0 saturated carbocycles. The van der Waals surface area contributed by atoms with Crippen LogP contribution in [0.2, 0.25) is 0 Å². The van der Waals surface area contributed by atoms with Crippen molar-refractivity contribution in [3.05, 3.63) is 0 Å². The molecule has 0 fully saturated rings. The molecule has 0 aromatic rings. The Labute approximate surface area is 56.0 Å². The second-order valence-electron chi connectivity index (χ2n) is 2.28. The van der Waals surface area contributed by atoms with E-state index in [2.05, 4.69) is 4.99 Å². The zero-order valence-corrected chi connectivity index (χ0v) is 6.27. The molecule has 0 atom stereocenters. The minimum Gasteiger partial charge on any atom is -0.300 e. The predicted octanol–water partition coefficient (Wildman–Crippen LogP) is 1.45. The Balaban J connectivity index is 3.31. The molecule has 0 spiro atoms. The Morgan fingerprint density at radius 2 is 1.89 bits per heavy atom. The van der Waals surface area contributed by atoms with Gasteiger partial charge in [-0.15, -0.1) is 0 Å². The van der Waals surface area contributed by atoms with Crippen LogP contribution in [-0.4, -0.2) is 18.0 Å². The predicted molar refractivity (Wildman–Crippen MR) is 38.9 cm³/mol. The number of Topliss-reactive ketones (excluding diaryl/α,β-unsaturated/α-hetero) is 1. The van der Waals surface area contributed by atoms with Gasteiger partial charge in [0, 0.05) is 18.7 Å². The average molecular weight is 127 g/mol. The summed E-state index contributed by atoms with van der Waals surface area (Å²) in [4.78, 5) is 14.4. The van der Waals surface area contributed by atoms with Crippen molar-refractivity contribution < 1.29 is 4.79 Å². The van der Waals surface area contributed by atoms with Crippen molar-refractivity contribution >= 4 is 11.5 Å². The van der Waals surface area contributed by atoms with Gasteiger partial charge in [0.2, 0.25) is 0 Å². The van der Waals surface area contributed by atoms with E-state index in [4.69, 9.17) is 0 Å². The normalized spacial score (nSPS) is 8.78. The minimum absolute atomic E-state index is 0.208. The van der Waals surface area contributed by atoms with Gasteiger partial charge in [-0.3, -0.25) is 9.79 Å². The SMILES string of the molecule is CC(=O)CCN=C(C)C. The van der Waals surface area contributed by atoms with E-state index < -0.39 is 0 Å². The van der Waals surface area contributed by atoms with E-state index in [-0.39, 0.29) is 5.78 Å². The number of rotatable bonds is 3. The van der Waals surface area contributed by atoms with Gasteiger partial charge < -0.3 is 0 Å². The van der Waals surface area contributed by atoms with Crippen molar-refractivity contribution in [2.75, 3.05) is 6.54 Å². The van der Waals surface area contributed by atoms with Crippen LogP contribution in [0.4, 0.5) is 0 Å². The maximum Gasteiger partial charge on any atom is 0.131 e. The number of carbonyl (C=O) groups excluding carboxylic acids is 1. The third-order valence-electron chi connectivity index (χ3n) is 0.892. The molecule has 0 aliphatic heterocycles. The number of hydrogen-bond donors (Lipinski definition) is 0. The number of nitrogens with zero attached hydrogens (tertiary/aromatic N) is 1. The molecule has 0 heterocycles. The van der Waals surface area contributed by atoms with Gasteiger partial charge in [-0.05, 0) is 20.8 Å². The minimum atomic E-state index is 0.208. The fourth-order valence-electron chi connectivity index (χ4n) is 0.437. The van der Waals surface area contributed by atoms with E-state index in [0.717, 1.165) is 5.71 Å². The number of hydrogen-bond acceptors (Lipinski definition) is 2. The van der Waals surface area contributed by atoms with Crippen LogP contribution in [0.1, 0.15) is 27.2 Å². The summed E-state index contributed by atoms with van der Waals surface area (Å²) in [6.07, 6.45) is 0.575. The third-order valence-corrected chi connectivity index (χ3v) is 0.892. The van der Waals surface area contributed by atoms with Crippen molar-refractivity contribution in [2.45, 2.75) is 27.2 Å². The maximum absolute atomic E-state index is 10.4. The number of aliphatic imine (C=N–C) groups is 1. The molecule has 0 aliphatic carbocycles. The Kier molecular flexibility index (Phi) is 3.93. The highest BCUT2D eigenvalue weighted by atomic mass is 16.1. The second kappa shape index (κ2) is 4.24. The maximum atomic E-state index is 10.4. The zero-order valence-electron chi connectivity index (χ0n) is 6.27. The standard InChI is InChI=1S/C7H13NO/c1-6(2)8-5-4-7(3)9/h4-5H2,1-3H3. The summed E-state index contributed by atoms with van der Waals surface area (Å²) in [5.41, 5.74) is 1.04. The van der Waals surface area contributed by atoms with Crippen LogP contribution in [0.3, 0.4) is 0 Å². The summed E-state index contributed by atoms with van der Waals surface area (Å²) in [6, 6.07) is 0. The quantitative estimate of drug-likeness (QED) is 0.527. The molecule has 0 N–H and O–H groups in total. The Bertz CT molecular complexity index is 123. The first-order valence-electron chi connectivity index (χ1n) is 3.10. The van der Waals surface area contributed by atoms with Crippen LogP contribution < -0.4 is 0 Å². The van der Waals surface area contributed by atoms with Gasteiger partial charge in [-0.1, -0.05) is 0 Å². The monoisotopic (exact) mass is 127 g/mol. The van der Waals surface area contributed by atoms with Crippen LogP contribution in [0.5, 0.6) is 0 Å². The van der Waals surface area contributed by atoms with Gasteiger partial charge >= 0.3 is 0 Å². The molecular weight excluding hydrogens is 114 g/mol. The summed E-state index contributed by atoms with van der Waals surface area (Å²) in [7, 11) is 0. The molecular formula is C7H13NO. The molecule has 0 aromatic carbocycles. The van der Waals surface area contributed by atoms with Crippen LogP contribution in [0, 0.1) is 0 Å². The van der Waals surface area contributed by atoms with Crippen molar-refractivity contribution in [3.63, 3.8) is 0 Å². The molecule has 0 bridgehead atoms. The highest BCUT2D eigenvalue weighted by Gasteiger charge is 1.88. The molecule has 9 heavy (non-hydrogen) atoms. The van der Waals surface area contributed by atoms with Gasteiger partial charge in [0.05, 0.1) is 0 Å². The molecule has 0 amide bonds. The van der Waals surface area contributed by atoms with Crippen LogP contribution >= 0.6 is 0 Å². The molecule has 0 aromatic heterocycles. The fraction of sp³-hybridized carbons (Fsp3) is 0.714. The topological polar surface area (TPSA) is 29.4 Å². The zero-order chi connectivity index (χ0) is 7.28. The summed E-state index contributed by atoms with van der Waals surface area (Å²) in [5.74, 6) is 0.208. The third kappa shape index (κ3) is 7.34.